The summed E-state index contributed by atoms with van der Waals surface area (Å²) >= 11 is 6.37. The second kappa shape index (κ2) is 7.63. The molecule has 1 aliphatic heterocycles. The molecule has 0 bridgehead atoms. The van der Waals surface area contributed by atoms with Gasteiger partial charge >= 0.3 is 0 Å². The smallest absolute Gasteiger partial charge is 0.266 e. The molecule has 2 aromatic carbocycles. The Morgan fingerprint density at radius 2 is 1.72 bits per heavy atom. The molecular formula is C19H14NO3S2-. The number of thioether (sulfide) groups is 1. The third kappa shape index (κ3) is 3.97. The summed E-state index contributed by atoms with van der Waals surface area (Å²) in [6.45, 7) is 0. The summed E-state index contributed by atoms with van der Waals surface area (Å²) in [7, 11) is 0. The van der Waals surface area contributed by atoms with Crippen molar-refractivity contribution in [1.82, 2.24) is 4.90 Å². The molecule has 4 nitrogen and oxygen atoms in total. The highest BCUT2D eigenvalue weighted by Crippen LogP contribution is 2.34. The van der Waals surface area contributed by atoms with Gasteiger partial charge in [0.25, 0.3) is 5.91 Å². The normalized spacial score (nSPS) is 17.1. The molecule has 0 aromatic heterocycles. The van der Waals surface area contributed by atoms with Crippen molar-refractivity contribution < 1.29 is 14.7 Å². The van der Waals surface area contributed by atoms with Crippen molar-refractivity contribution in [3.63, 3.8) is 0 Å². The molecule has 1 aliphatic rings. The average Bonchev–Trinajstić information content (AvgIpc) is 2.88. The summed E-state index contributed by atoms with van der Waals surface area (Å²) in [5.41, 5.74) is 1.66. The van der Waals surface area contributed by atoms with Gasteiger partial charge < -0.3 is 9.90 Å². The van der Waals surface area contributed by atoms with Crippen LogP contribution < -0.4 is 5.11 Å². The van der Waals surface area contributed by atoms with E-state index in [9.17, 15) is 14.7 Å². The number of hydrogen-bond acceptors (Lipinski definition) is 5. The van der Waals surface area contributed by atoms with E-state index in [-0.39, 0.29) is 10.7 Å². The van der Waals surface area contributed by atoms with Crippen LogP contribution in [-0.2, 0) is 16.0 Å². The minimum absolute atomic E-state index is 0.147. The fraction of sp³-hybridized carbons (Fsp3) is 0.105. The summed E-state index contributed by atoms with van der Waals surface area (Å²) in [5, 5.41) is 11.7. The van der Waals surface area contributed by atoms with Crippen LogP contribution in [0, 0.1) is 0 Å². The monoisotopic (exact) mass is 368 g/mol. The molecule has 0 aliphatic carbocycles. The number of carbonyl (C=O) groups is 2. The zero-order valence-electron chi connectivity index (χ0n) is 13.1. The lowest BCUT2D eigenvalue weighted by molar-refractivity contribution is -0.310. The van der Waals surface area contributed by atoms with E-state index in [1.165, 1.54) is 0 Å². The van der Waals surface area contributed by atoms with Crippen LogP contribution in [0.3, 0.4) is 0 Å². The SMILES string of the molecule is O=C([O-])C(Cc1ccccc1)N1C(=O)/C(=C/c2ccccc2)SC1=S. The standard InChI is InChI=1S/C19H15NO3S2/c21-17-16(12-14-9-5-2-6-10-14)25-19(24)20(17)15(18(22)23)11-13-7-3-1-4-8-13/h1-10,12,15H,11H2,(H,22,23)/p-1/b16-12-. The lowest BCUT2D eigenvalue weighted by Gasteiger charge is -2.27. The number of carbonyl (C=O) groups excluding carboxylic acids is 2. The van der Waals surface area contributed by atoms with Gasteiger partial charge in [0, 0.05) is 0 Å². The maximum Gasteiger partial charge on any atom is 0.266 e. The molecular weight excluding hydrogens is 354 g/mol. The Morgan fingerprint density at radius 1 is 1.12 bits per heavy atom. The summed E-state index contributed by atoms with van der Waals surface area (Å²) in [4.78, 5) is 25.9. The van der Waals surface area contributed by atoms with Crippen molar-refractivity contribution in [2.24, 2.45) is 0 Å². The minimum Gasteiger partial charge on any atom is -0.548 e. The van der Waals surface area contributed by atoms with E-state index >= 15 is 0 Å². The molecule has 1 unspecified atom stereocenters. The molecule has 2 aromatic rings. The van der Waals surface area contributed by atoms with Crippen LogP contribution in [0.5, 0.6) is 0 Å². The van der Waals surface area contributed by atoms with Gasteiger partial charge in [-0.25, -0.2) is 0 Å². The van der Waals surface area contributed by atoms with Crippen LogP contribution in [0.4, 0.5) is 0 Å². The van der Waals surface area contributed by atoms with E-state index in [4.69, 9.17) is 12.2 Å². The topological polar surface area (TPSA) is 60.4 Å². The Hall–Kier alpha value is -2.44. The van der Waals surface area contributed by atoms with E-state index in [0.717, 1.165) is 27.8 Å². The maximum atomic E-state index is 12.7. The Morgan fingerprint density at radius 3 is 2.32 bits per heavy atom. The average molecular weight is 368 g/mol. The number of nitrogens with zero attached hydrogens (tertiary/aromatic N) is 1. The molecule has 0 saturated carbocycles. The van der Waals surface area contributed by atoms with Crippen LogP contribution in [0.15, 0.2) is 65.6 Å². The van der Waals surface area contributed by atoms with Gasteiger partial charge in [0.15, 0.2) is 0 Å². The van der Waals surface area contributed by atoms with Gasteiger partial charge in [0.1, 0.15) is 4.32 Å². The van der Waals surface area contributed by atoms with Gasteiger partial charge in [-0.1, -0.05) is 84.6 Å². The molecule has 1 saturated heterocycles. The highest BCUT2D eigenvalue weighted by atomic mass is 32.2. The van der Waals surface area contributed by atoms with Crippen molar-refractivity contribution in [2.45, 2.75) is 12.5 Å². The van der Waals surface area contributed by atoms with Crippen molar-refractivity contribution >= 4 is 46.3 Å². The molecule has 0 N–H and O–H groups in total. The quantitative estimate of drug-likeness (QED) is 0.598. The molecule has 3 rings (SSSR count). The molecule has 1 fully saturated rings. The number of benzene rings is 2. The minimum atomic E-state index is -1.32. The van der Waals surface area contributed by atoms with Gasteiger partial charge in [0.2, 0.25) is 0 Å². The van der Waals surface area contributed by atoms with Crippen LogP contribution >= 0.6 is 24.0 Å². The Kier molecular flexibility index (Phi) is 5.31. The zero-order chi connectivity index (χ0) is 17.8. The lowest BCUT2D eigenvalue weighted by atomic mass is 10.0. The summed E-state index contributed by atoms with van der Waals surface area (Å²) < 4.78 is 0.234. The fourth-order valence-electron chi connectivity index (χ4n) is 2.57. The number of aliphatic carboxylic acids is 1. The molecule has 25 heavy (non-hydrogen) atoms. The number of thiocarbonyl (C=S) groups is 1. The largest absolute Gasteiger partial charge is 0.548 e. The van der Waals surface area contributed by atoms with E-state index in [1.807, 2.05) is 60.7 Å². The summed E-state index contributed by atoms with van der Waals surface area (Å²) in [5.74, 6) is -1.72. The van der Waals surface area contributed by atoms with Gasteiger partial charge in [-0.2, -0.15) is 0 Å². The number of amides is 1. The Labute approximate surface area is 155 Å². The first kappa shape index (κ1) is 17.4. The van der Waals surface area contributed by atoms with Gasteiger partial charge in [-0.15, -0.1) is 0 Å². The van der Waals surface area contributed by atoms with Gasteiger partial charge in [0.05, 0.1) is 16.9 Å². The van der Waals surface area contributed by atoms with E-state index in [0.29, 0.717) is 4.91 Å². The Balaban J connectivity index is 1.87. The molecule has 1 amide bonds. The fourth-order valence-corrected chi connectivity index (χ4v) is 3.92. The number of carboxylic acids is 1. The number of rotatable bonds is 5. The van der Waals surface area contributed by atoms with Crippen LogP contribution in [0.25, 0.3) is 6.08 Å². The number of hydrogen-bond donors (Lipinski definition) is 0. The third-order valence-electron chi connectivity index (χ3n) is 3.78. The van der Waals surface area contributed by atoms with E-state index < -0.39 is 17.9 Å². The Bertz CT molecular complexity index is 834. The maximum absolute atomic E-state index is 12.7. The van der Waals surface area contributed by atoms with Crippen molar-refractivity contribution in [1.29, 1.82) is 0 Å². The van der Waals surface area contributed by atoms with Crippen LogP contribution in [0.1, 0.15) is 11.1 Å². The van der Waals surface area contributed by atoms with Crippen LogP contribution in [0.2, 0.25) is 0 Å². The van der Waals surface area contributed by atoms with E-state index in [2.05, 4.69) is 0 Å². The van der Waals surface area contributed by atoms with Crippen molar-refractivity contribution in [2.75, 3.05) is 0 Å². The third-order valence-corrected chi connectivity index (χ3v) is 5.11. The second-order valence-electron chi connectivity index (χ2n) is 5.49. The second-order valence-corrected chi connectivity index (χ2v) is 7.16. The van der Waals surface area contributed by atoms with Crippen LogP contribution in [-0.4, -0.2) is 27.1 Å². The summed E-state index contributed by atoms with van der Waals surface area (Å²) in [6.07, 6.45) is 1.86. The molecule has 6 heteroatoms. The first-order valence-corrected chi connectivity index (χ1v) is 8.85. The highest BCUT2D eigenvalue weighted by molar-refractivity contribution is 8.26. The first-order chi connectivity index (χ1) is 12.1. The van der Waals surface area contributed by atoms with E-state index in [1.54, 1.807) is 6.08 Å². The molecule has 1 heterocycles. The predicted octanol–water partition coefficient (Wildman–Crippen LogP) is 2.25. The first-order valence-electron chi connectivity index (χ1n) is 7.63. The highest BCUT2D eigenvalue weighted by Gasteiger charge is 2.37. The molecule has 1 atom stereocenters. The lowest BCUT2D eigenvalue weighted by Crippen LogP contribution is -2.51. The molecule has 0 spiro atoms. The van der Waals surface area contributed by atoms with Gasteiger partial charge in [-0.05, 0) is 23.6 Å². The molecule has 0 radical (unpaired) electrons. The number of carboxylic acid groups (broad SMARTS) is 1. The summed E-state index contributed by atoms with van der Waals surface area (Å²) in [6, 6.07) is 17.3. The van der Waals surface area contributed by atoms with Crippen molar-refractivity contribution in [3.05, 3.63) is 76.7 Å². The van der Waals surface area contributed by atoms with Crippen molar-refractivity contribution in [3.8, 4) is 0 Å². The molecule has 126 valence electrons. The zero-order valence-corrected chi connectivity index (χ0v) is 14.8. The predicted molar refractivity (Wildman–Crippen MR) is 100 cm³/mol. The van der Waals surface area contributed by atoms with Gasteiger partial charge in [-0.3, -0.25) is 9.69 Å².